The minimum atomic E-state index is -1.10. The molecule has 0 aliphatic carbocycles. The maximum absolute atomic E-state index is 12.2. The molecule has 0 saturated heterocycles. The Kier molecular flexibility index (Phi) is 6.91. The average molecular weight is 388 g/mol. The SMILES string of the molecule is COc1cc([N+](=O)[O-])ccc1NC(=O)[C@H](C)OC(=O)COc1ccccc1C. The first-order valence-electron chi connectivity index (χ1n) is 8.33. The van der Waals surface area contributed by atoms with E-state index in [1.54, 1.807) is 12.1 Å². The maximum Gasteiger partial charge on any atom is 0.344 e. The maximum atomic E-state index is 12.2. The van der Waals surface area contributed by atoms with Crippen molar-refractivity contribution in [3.63, 3.8) is 0 Å². The third-order valence-corrected chi connectivity index (χ3v) is 3.77. The topological polar surface area (TPSA) is 117 Å². The number of nitro benzene ring substituents is 1. The molecule has 0 heterocycles. The summed E-state index contributed by atoms with van der Waals surface area (Å²) in [6.07, 6.45) is -1.10. The quantitative estimate of drug-likeness (QED) is 0.420. The van der Waals surface area contributed by atoms with E-state index in [9.17, 15) is 19.7 Å². The number of amides is 1. The molecule has 0 aliphatic heterocycles. The number of carbonyl (C=O) groups excluding carboxylic acids is 2. The van der Waals surface area contributed by atoms with Crippen LogP contribution in [0.4, 0.5) is 11.4 Å². The summed E-state index contributed by atoms with van der Waals surface area (Å²) >= 11 is 0. The minimum absolute atomic E-state index is 0.115. The number of nitro groups is 1. The number of para-hydroxylation sites is 1. The number of ether oxygens (including phenoxy) is 3. The Morgan fingerprint density at radius 2 is 1.89 bits per heavy atom. The van der Waals surface area contributed by atoms with E-state index in [1.165, 1.54) is 32.2 Å². The van der Waals surface area contributed by atoms with Crippen molar-refractivity contribution in [1.82, 2.24) is 0 Å². The molecule has 9 heteroatoms. The van der Waals surface area contributed by atoms with Crippen LogP contribution >= 0.6 is 0 Å². The number of carbonyl (C=O) groups is 2. The van der Waals surface area contributed by atoms with Gasteiger partial charge in [-0.25, -0.2) is 4.79 Å². The molecule has 1 atom stereocenters. The molecule has 28 heavy (non-hydrogen) atoms. The molecule has 0 unspecified atom stereocenters. The van der Waals surface area contributed by atoms with Gasteiger partial charge in [0, 0.05) is 6.07 Å². The highest BCUT2D eigenvalue weighted by Crippen LogP contribution is 2.29. The van der Waals surface area contributed by atoms with Gasteiger partial charge in [-0.15, -0.1) is 0 Å². The van der Waals surface area contributed by atoms with E-state index >= 15 is 0 Å². The van der Waals surface area contributed by atoms with E-state index in [0.29, 0.717) is 5.75 Å². The molecule has 0 saturated carbocycles. The molecule has 2 aromatic rings. The first-order valence-corrected chi connectivity index (χ1v) is 8.33. The minimum Gasteiger partial charge on any atom is -0.494 e. The Morgan fingerprint density at radius 1 is 1.18 bits per heavy atom. The lowest BCUT2D eigenvalue weighted by molar-refractivity contribution is -0.384. The number of aryl methyl sites for hydroxylation is 1. The van der Waals surface area contributed by atoms with Crippen LogP contribution in [-0.4, -0.2) is 36.6 Å². The summed E-state index contributed by atoms with van der Waals surface area (Å²) in [5, 5.41) is 13.3. The number of anilines is 1. The van der Waals surface area contributed by atoms with Gasteiger partial charge < -0.3 is 19.5 Å². The Morgan fingerprint density at radius 3 is 2.54 bits per heavy atom. The molecule has 0 fully saturated rings. The van der Waals surface area contributed by atoms with E-state index in [2.05, 4.69) is 5.32 Å². The fourth-order valence-electron chi connectivity index (χ4n) is 2.27. The van der Waals surface area contributed by atoms with Gasteiger partial charge in [0.2, 0.25) is 0 Å². The number of benzene rings is 2. The highest BCUT2D eigenvalue weighted by atomic mass is 16.6. The van der Waals surface area contributed by atoms with Crippen LogP contribution in [0.2, 0.25) is 0 Å². The lowest BCUT2D eigenvalue weighted by Crippen LogP contribution is -2.31. The van der Waals surface area contributed by atoms with Gasteiger partial charge in [-0.3, -0.25) is 14.9 Å². The Bertz CT molecular complexity index is 882. The molecule has 2 rings (SSSR count). The van der Waals surface area contributed by atoms with Gasteiger partial charge in [-0.05, 0) is 31.5 Å². The zero-order chi connectivity index (χ0) is 20.7. The molecule has 0 radical (unpaired) electrons. The highest BCUT2D eigenvalue weighted by Gasteiger charge is 2.21. The van der Waals surface area contributed by atoms with Crippen LogP contribution in [0.1, 0.15) is 12.5 Å². The van der Waals surface area contributed by atoms with Crippen molar-refractivity contribution in [2.24, 2.45) is 0 Å². The summed E-state index contributed by atoms with van der Waals surface area (Å²) in [5.74, 6) is -0.658. The van der Waals surface area contributed by atoms with Gasteiger partial charge in [-0.2, -0.15) is 0 Å². The van der Waals surface area contributed by atoms with Gasteiger partial charge in [0.15, 0.2) is 12.7 Å². The third-order valence-electron chi connectivity index (χ3n) is 3.77. The molecule has 148 valence electrons. The van der Waals surface area contributed by atoms with Crippen molar-refractivity contribution in [3.8, 4) is 11.5 Å². The molecule has 2 aromatic carbocycles. The van der Waals surface area contributed by atoms with Gasteiger partial charge in [0.25, 0.3) is 11.6 Å². The number of esters is 1. The number of methoxy groups -OCH3 is 1. The molecule has 0 aromatic heterocycles. The van der Waals surface area contributed by atoms with Crippen molar-refractivity contribution < 1.29 is 28.7 Å². The molecule has 0 spiro atoms. The molecule has 0 bridgehead atoms. The van der Waals surface area contributed by atoms with Crippen LogP contribution in [-0.2, 0) is 14.3 Å². The standard InChI is InChI=1S/C19H20N2O7/c1-12-6-4-5-7-16(12)27-11-18(22)28-13(2)19(23)20-15-9-8-14(21(24)25)10-17(15)26-3/h4-10,13H,11H2,1-3H3,(H,20,23)/t13-/m0/s1. The predicted octanol–water partition coefficient (Wildman–Crippen LogP) is 2.86. The van der Waals surface area contributed by atoms with Crippen LogP contribution in [0.25, 0.3) is 0 Å². The number of nitrogens with one attached hydrogen (secondary N) is 1. The van der Waals surface area contributed by atoms with E-state index in [-0.39, 0.29) is 23.7 Å². The van der Waals surface area contributed by atoms with Crippen LogP contribution in [0.5, 0.6) is 11.5 Å². The second-order valence-electron chi connectivity index (χ2n) is 5.82. The molecule has 1 amide bonds. The number of nitrogens with zero attached hydrogens (tertiary/aromatic N) is 1. The van der Waals surface area contributed by atoms with Crippen molar-refractivity contribution in [2.45, 2.75) is 20.0 Å². The predicted molar refractivity (Wildman–Crippen MR) is 101 cm³/mol. The van der Waals surface area contributed by atoms with Gasteiger partial charge >= 0.3 is 5.97 Å². The second-order valence-corrected chi connectivity index (χ2v) is 5.82. The second kappa shape index (κ2) is 9.36. The fourth-order valence-corrected chi connectivity index (χ4v) is 2.27. The summed E-state index contributed by atoms with van der Waals surface area (Å²) in [5.41, 5.74) is 0.909. The van der Waals surface area contributed by atoms with Crippen LogP contribution in [0.15, 0.2) is 42.5 Å². The van der Waals surface area contributed by atoms with Crippen molar-refractivity contribution in [2.75, 3.05) is 19.0 Å². The van der Waals surface area contributed by atoms with E-state index in [0.717, 1.165) is 5.56 Å². The number of non-ortho nitro benzene ring substituents is 1. The van der Waals surface area contributed by atoms with E-state index in [4.69, 9.17) is 14.2 Å². The third kappa shape index (κ3) is 5.44. The Hall–Kier alpha value is -3.62. The highest BCUT2D eigenvalue weighted by molar-refractivity contribution is 5.96. The van der Waals surface area contributed by atoms with Crippen molar-refractivity contribution >= 4 is 23.3 Å². The van der Waals surface area contributed by atoms with Crippen LogP contribution in [0, 0.1) is 17.0 Å². The summed E-state index contributed by atoms with van der Waals surface area (Å²) in [4.78, 5) is 34.4. The van der Waals surface area contributed by atoms with Gasteiger partial charge in [0.05, 0.1) is 23.8 Å². The summed E-state index contributed by atoms with van der Waals surface area (Å²) < 4.78 is 15.5. The zero-order valence-corrected chi connectivity index (χ0v) is 15.6. The van der Waals surface area contributed by atoms with E-state index in [1.807, 2.05) is 19.1 Å². The molecule has 0 aliphatic rings. The molecule has 1 N–H and O–H groups in total. The lowest BCUT2D eigenvalue weighted by Gasteiger charge is -2.15. The zero-order valence-electron chi connectivity index (χ0n) is 15.6. The molecular weight excluding hydrogens is 368 g/mol. The molecule has 9 nitrogen and oxygen atoms in total. The smallest absolute Gasteiger partial charge is 0.344 e. The van der Waals surface area contributed by atoms with Gasteiger partial charge in [-0.1, -0.05) is 18.2 Å². The Balaban J connectivity index is 1.92. The summed E-state index contributed by atoms with van der Waals surface area (Å²) in [6.45, 7) is 2.90. The normalized spacial score (nSPS) is 11.2. The van der Waals surface area contributed by atoms with Crippen molar-refractivity contribution in [1.29, 1.82) is 0 Å². The fraction of sp³-hybridized carbons (Fsp3) is 0.263. The largest absolute Gasteiger partial charge is 0.494 e. The Labute approximate surface area is 161 Å². The first kappa shape index (κ1) is 20.7. The van der Waals surface area contributed by atoms with Crippen LogP contribution < -0.4 is 14.8 Å². The lowest BCUT2D eigenvalue weighted by atomic mass is 10.2. The molecular formula is C19H20N2O7. The summed E-state index contributed by atoms with van der Waals surface area (Å²) in [6, 6.07) is 10.9. The van der Waals surface area contributed by atoms with Gasteiger partial charge in [0.1, 0.15) is 11.5 Å². The average Bonchev–Trinajstić information content (AvgIpc) is 2.67. The number of rotatable bonds is 8. The monoisotopic (exact) mass is 388 g/mol. The summed E-state index contributed by atoms with van der Waals surface area (Å²) in [7, 11) is 1.32. The number of hydrogen-bond donors (Lipinski definition) is 1. The van der Waals surface area contributed by atoms with Crippen molar-refractivity contribution in [3.05, 3.63) is 58.1 Å². The van der Waals surface area contributed by atoms with E-state index < -0.39 is 22.9 Å². The number of hydrogen-bond acceptors (Lipinski definition) is 7. The first-order chi connectivity index (χ1) is 13.3. The van der Waals surface area contributed by atoms with Crippen LogP contribution in [0.3, 0.4) is 0 Å².